The van der Waals surface area contributed by atoms with Gasteiger partial charge in [0.05, 0.1) is 12.1 Å². The largest absolute Gasteiger partial charge is 0.373 e. The van der Waals surface area contributed by atoms with Crippen LogP contribution in [0.5, 0.6) is 0 Å². The molecule has 1 aliphatic heterocycles. The van der Waals surface area contributed by atoms with Crippen LogP contribution in [0.3, 0.4) is 0 Å². The molecule has 1 aromatic carbocycles. The van der Waals surface area contributed by atoms with Crippen LogP contribution in [0.25, 0.3) is 0 Å². The Balaban J connectivity index is 1.53. The minimum atomic E-state index is -1.11. The number of nitrogens with zero attached hydrogens (tertiary/aromatic N) is 3. The number of urea groups is 1. The molecular formula is C36H57N7O7. The first-order valence-electron chi connectivity index (χ1n) is 17.6. The molecule has 50 heavy (non-hydrogen) atoms. The molecule has 0 radical (unpaired) electrons. The van der Waals surface area contributed by atoms with E-state index in [1.165, 1.54) is 4.90 Å². The molecule has 1 unspecified atom stereocenters. The molecule has 0 spiro atoms. The molecule has 14 nitrogen and oxygen atoms in total. The predicted molar refractivity (Wildman–Crippen MR) is 191 cm³/mol. The quantitative estimate of drug-likeness (QED) is 0.219. The van der Waals surface area contributed by atoms with Crippen molar-refractivity contribution in [3.05, 3.63) is 20.4 Å². The average Bonchev–Trinajstić information content (AvgIpc) is 3.28. The van der Waals surface area contributed by atoms with Crippen molar-refractivity contribution in [3.63, 3.8) is 0 Å². The maximum atomic E-state index is 14.4. The maximum absolute atomic E-state index is 14.4. The third kappa shape index (κ3) is 7.53. The number of carbonyl (C=O) groups excluding carboxylic acids is 5. The minimum Gasteiger partial charge on any atom is -0.373 e. The van der Waals surface area contributed by atoms with Crippen molar-refractivity contribution in [2.75, 3.05) is 44.0 Å². The van der Waals surface area contributed by atoms with Gasteiger partial charge in [0.25, 0.3) is 16.8 Å². The van der Waals surface area contributed by atoms with Crippen molar-refractivity contribution in [1.29, 1.82) is 0 Å². The number of anilines is 2. The number of ketones is 1. The van der Waals surface area contributed by atoms with E-state index in [2.05, 4.69) is 16.0 Å². The van der Waals surface area contributed by atoms with Crippen molar-refractivity contribution in [2.24, 2.45) is 39.7 Å². The molecule has 0 aromatic heterocycles. The number of fused-ring (bicyclic) bond motifs is 1. The first-order chi connectivity index (χ1) is 22.9. The number of hydrogen-bond donors (Lipinski definition) is 4. The summed E-state index contributed by atoms with van der Waals surface area (Å²) in [5, 5.41) is 8.68. The van der Waals surface area contributed by atoms with E-state index in [9.17, 15) is 33.6 Å². The SMILES string of the molecule is CN(C)c1c(N(C)C[C@@H](NC(=O)N[C@H](C(=O)N2C[C@H]3[C@@H]([C@H]2C(=O)NC(CC2CCC2)C(=O)C(N)=O)C3(C)C)C(C)(C)C)C(C)(C)C)c(=O)c1=O. The smallest absolute Gasteiger partial charge is 0.315 e. The highest BCUT2D eigenvalue weighted by molar-refractivity contribution is 6.37. The van der Waals surface area contributed by atoms with Gasteiger partial charge in [-0.3, -0.25) is 28.8 Å². The zero-order valence-electron chi connectivity index (χ0n) is 31.6. The summed E-state index contributed by atoms with van der Waals surface area (Å²) in [6, 6.07) is -4.07. The van der Waals surface area contributed by atoms with Crippen molar-refractivity contribution in [1.82, 2.24) is 20.9 Å². The van der Waals surface area contributed by atoms with E-state index in [0.29, 0.717) is 18.7 Å². The summed E-state index contributed by atoms with van der Waals surface area (Å²) in [5.41, 5.74) is 3.36. The van der Waals surface area contributed by atoms with Gasteiger partial charge in [0.2, 0.25) is 17.6 Å². The summed E-state index contributed by atoms with van der Waals surface area (Å²) in [6.07, 6.45) is 3.16. The molecule has 3 fully saturated rings. The van der Waals surface area contributed by atoms with Crippen LogP contribution in [0.15, 0.2) is 9.59 Å². The van der Waals surface area contributed by atoms with Gasteiger partial charge < -0.3 is 36.4 Å². The normalized spacial score (nSPS) is 23.2. The van der Waals surface area contributed by atoms with Crippen LogP contribution in [0, 0.1) is 34.0 Å². The number of likely N-dealkylation sites (N-methyl/N-ethyl adjacent to an activating group) is 1. The van der Waals surface area contributed by atoms with Crippen molar-refractivity contribution in [3.8, 4) is 0 Å². The highest BCUT2D eigenvalue weighted by Gasteiger charge is 2.70. The van der Waals surface area contributed by atoms with E-state index < -0.39 is 75.4 Å². The van der Waals surface area contributed by atoms with Crippen LogP contribution < -0.4 is 42.3 Å². The van der Waals surface area contributed by atoms with Crippen molar-refractivity contribution in [2.45, 2.75) is 105 Å². The number of nitrogens with two attached hydrogens (primary N) is 1. The van der Waals surface area contributed by atoms with Gasteiger partial charge in [-0.05, 0) is 40.4 Å². The Bertz CT molecular complexity index is 1590. The molecule has 14 heteroatoms. The molecule has 3 aliphatic rings. The standard InChI is InChI=1S/C36H57N7O7/c1-34(2,3)21(17-42(11)25-24(41(9)10)27(45)28(25)46)39-33(50)40-29(35(4,5)6)32(49)43-16-19-22(36(19,7)8)23(43)31(48)38-20(26(44)30(37)47)15-18-13-12-14-18/h18-23,29H,12-17H2,1-11H3,(H2,37,47)(H,38,48)(H2,39,40,50)/t19-,20?,21+,22-,23-,29+/m0/s1. The van der Waals surface area contributed by atoms with Crippen molar-refractivity contribution < 1.29 is 24.0 Å². The van der Waals surface area contributed by atoms with Gasteiger partial charge in [-0.25, -0.2) is 4.79 Å². The van der Waals surface area contributed by atoms with Gasteiger partial charge in [0, 0.05) is 34.2 Å². The second-order valence-electron chi connectivity index (χ2n) is 17.7. The lowest BCUT2D eigenvalue weighted by molar-refractivity contribution is -0.145. The highest BCUT2D eigenvalue weighted by atomic mass is 16.2. The van der Waals surface area contributed by atoms with Crippen LogP contribution in [0.4, 0.5) is 16.2 Å². The Morgan fingerprint density at radius 3 is 1.96 bits per heavy atom. The lowest BCUT2D eigenvalue weighted by Crippen LogP contribution is -2.63. The van der Waals surface area contributed by atoms with Crippen LogP contribution in [-0.4, -0.2) is 92.8 Å². The van der Waals surface area contributed by atoms with Crippen LogP contribution in [-0.2, 0) is 19.2 Å². The molecule has 4 rings (SSSR count). The van der Waals surface area contributed by atoms with E-state index in [4.69, 9.17) is 5.73 Å². The predicted octanol–water partition coefficient (Wildman–Crippen LogP) is 1.13. The first kappa shape index (κ1) is 38.8. The molecule has 278 valence electrons. The molecular weight excluding hydrogens is 642 g/mol. The molecule has 2 aliphatic carbocycles. The number of piperidine rings is 1. The number of nitrogens with one attached hydrogen (secondary N) is 3. The highest BCUT2D eigenvalue weighted by Crippen LogP contribution is 2.65. The maximum Gasteiger partial charge on any atom is 0.315 e. The van der Waals surface area contributed by atoms with E-state index in [-0.39, 0.29) is 35.4 Å². The van der Waals surface area contributed by atoms with E-state index in [1.54, 1.807) is 30.9 Å². The van der Waals surface area contributed by atoms with E-state index >= 15 is 0 Å². The third-order valence-corrected chi connectivity index (χ3v) is 11.3. The summed E-state index contributed by atoms with van der Waals surface area (Å²) in [6.45, 7) is 15.9. The summed E-state index contributed by atoms with van der Waals surface area (Å²) >= 11 is 0. The summed E-state index contributed by atoms with van der Waals surface area (Å²) < 4.78 is 0. The minimum absolute atomic E-state index is 0.0526. The van der Waals surface area contributed by atoms with Crippen LogP contribution in [0.2, 0.25) is 0 Å². The first-order valence-corrected chi connectivity index (χ1v) is 17.6. The fourth-order valence-corrected chi connectivity index (χ4v) is 7.72. The Hall–Kier alpha value is -3.97. The van der Waals surface area contributed by atoms with Gasteiger partial charge in [-0.15, -0.1) is 0 Å². The molecule has 1 saturated heterocycles. The Kier molecular flexibility index (Phi) is 10.6. The Labute approximate surface area is 294 Å². The molecule has 0 bridgehead atoms. The van der Waals surface area contributed by atoms with E-state index in [0.717, 1.165) is 19.3 Å². The number of likely N-dealkylation sites (tertiary alicyclic amines) is 1. The fourth-order valence-electron chi connectivity index (χ4n) is 7.72. The average molecular weight is 700 g/mol. The van der Waals surface area contributed by atoms with Crippen LogP contribution in [0.1, 0.15) is 81.1 Å². The number of hydrogen-bond acceptors (Lipinski definition) is 9. The zero-order chi connectivity index (χ0) is 37.8. The monoisotopic (exact) mass is 699 g/mol. The molecule has 2 saturated carbocycles. The number of Topliss-reactive ketones (excluding diaryl/α,β-unsaturated/α-hetero) is 1. The Morgan fingerprint density at radius 1 is 0.900 bits per heavy atom. The lowest BCUT2D eigenvalue weighted by Gasteiger charge is -2.39. The third-order valence-electron chi connectivity index (χ3n) is 11.3. The second-order valence-corrected chi connectivity index (χ2v) is 17.7. The molecule has 5 N–H and O–H groups in total. The lowest BCUT2D eigenvalue weighted by atomic mass is 9.80. The fraction of sp³-hybridized carbons (Fsp3) is 0.750. The van der Waals surface area contributed by atoms with Gasteiger partial charge >= 0.3 is 6.03 Å². The summed E-state index contributed by atoms with van der Waals surface area (Å²) in [5.74, 6) is -2.77. The molecule has 1 aromatic rings. The topological polar surface area (TPSA) is 191 Å². The zero-order valence-corrected chi connectivity index (χ0v) is 31.6. The van der Waals surface area contributed by atoms with Crippen molar-refractivity contribution >= 4 is 40.9 Å². The van der Waals surface area contributed by atoms with Crippen LogP contribution >= 0.6 is 0 Å². The molecule has 5 amide bonds. The number of carbonyl (C=O) groups is 5. The number of rotatable bonds is 13. The molecule has 6 atom stereocenters. The number of primary amides is 1. The number of amides is 5. The van der Waals surface area contributed by atoms with Gasteiger partial charge in [-0.1, -0.05) is 74.7 Å². The second kappa shape index (κ2) is 13.6. The van der Waals surface area contributed by atoms with Gasteiger partial charge in [-0.2, -0.15) is 0 Å². The van der Waals surface area contributed by atoms with Gasteiger partial charge in [0.15, 0.2) is 0 Å². The summed E-state index contributed by atoms with van der Waals surface area (Å²) in [4.78, 5) is 96.2. The van der Waals surface area contributed by atoms with E-state index in [1.807, 2.05) is 55.4 Å². The van der Waals surface area contributed by atoms with Gasteiger partial charge in [0.1, 0.15) is 23.5 Å². The molecule has 1 heterocycles. The summed E-state index contributed by atoms with van der Waals surface area (Å²) in [7, 11) is 5.08. The Morgan fingerprint density at radius 2 is 1.48 bits per heavy atom.